The molecule has 3 N–H and O–H groups in total. The first-order valence-electron chi connectivity index (χ1n) is 6.74. The Balaban J connectivity index is 2.17. The van der Waals surface area contributed by atoms with E-state index in [0.717, 1.165) is 5.56 Å². The van der Waals surface area contributed by atoms with E-state index in [9.17, 15) is 18.7 Å². The summed E-state index contributed by atoms with van der Waals surface area (Å²) < 4.78 is 26.5. The molecule has 2 unspecified atom stereocenters. The van der Waals surface area contributed by atoms with E-state index in [1.807, 2.05) is 19.1 Å². The van der Waals surface area contributed by atoms with E-state index in [-0.39, 0.29) is 17.9 Å². The number of hydrogen-bond acceptors (Lipinski definition) is 4. The molecule has 2 aromatic rings. The van der Waals surface area contributed by atoms with E-state index in [0.29, 0.717) is 5.56 Å². The molecule has 0 aliphatic heterocycles. The Labute approximate surface area is 135 Å². The van der Waals surface area contributed by atoms with E-state index < -0.39 is 28.0 Å². The van der Waals surface area contributed by atoms with Gasteiger partial charge in [0, 0.05) is 6.07 Å². The number of rotatable bonds is 6. The maximum absolute atomic E-state index is 11.6. The first-order chi connectivity index (χ1) is 10.9. The Morgan fingerprint density at radius 3 is 2.52 bits per heavy atom. The maximum Gasteiger partial charge on any atom is 0.339 e. The smallest absolute Gasteiger partial charge is 0.339 e. The van der Waals surface area contributed by atoms with Crippen LogP contribution >= 0.6 is 0 Å². The molecule has 23 heavy (non-hydrogen) atoms. The van der Waals surface area contributed by atoms with Crippen LogP contribution in [0.15, 0.2) is 42.5 Å². The summed E-state index contributed by atoms with van der Waals surface area (Å²) in [6.07, 6.45) is 0. The number of carbonyl (C=O) groups is 1. The number of carboxylic acid groups (broad SMARTS) is 1. The molecule has 2 atom stereocenters. The minimum absolute atomic E-state index is 0.0835. The summed E-state index contributed by atoms with van der Waals surface area (Å²) in [5.74, 6) is -1.45. The standard InChI is InChI=1S/C16H16O6S/c1-10-4-2-3-5-12(10)15(23(20)21)9-22-11-6-7-13(16(18)19)14(17)8-11/h2-8,15,17H,9H2,1H3,(H,18,19)(H,20,21). The maximum atomic E-state index is 11.6. The van der Waals surface area contributed by atoms with Gasteiger partial charge in [-0.2, -0.15) is 0 Å². The summed E-state index contributed by atoms with van der Waals surface area (Å²) in [4.78, 5) is 10.8. The van der Waals surface area contributed by atoms with Crippen LogP contribution in [-0.2, 0) is 11.1 Å². The summed E-state index contributed by atoms with van der Waals surface area (Å²) in [7, 11) is 0. The highest BCUT2D eigenvalue weighted by atomic mass is 32.2. The molecule has 0 aliphatic carbocycles. The Morgan fingerprint density at radius 2 is 1.96 bits per heavy atom. The Kier molecular flexibility index (Phi) is 5.36. The summed E-state index contributed by atoms with van der Waals surface area (Å²) in [5.41, 5.74) is 1.32. The van der Waals surface area contributed by atoms with Gasteiger partial charge in [-0.15, -0.1) is 0 Å². The molecule has 0 aromatic heterocycles. The van der Waals surface area contributed by atoms with Crippen LogP contribution < -0.4 is 4.74 Å². The van der Waals surface area contributed by atoms with Crippen molar-refractivity contribution < 1.29 is 28.5 Å². The molecule has 122 valence electrons. The number of benzene rings is 2. The zero-order valence-electron chi connectivity index (χ0n) is 12.3. The van der Waals surface area contributed by atoms with Crippen molar-refractivity contribution in [2.24, 2.45) is 0 Å². The third-order valence-corrected chi connectivity index (χ3v) is 4.26. The zero-order chi connectivity index (χ0) is 17.0. The van der Waals surface area contributed by atoms with Crippen molar-refractivity contribution in [3.63, 3.8) is 0 Å². The molecule has 0 bridgehead atoms. The lowest BCUT2D eigenvalue weighted by Crippen LogP contribution is -2.16. The van der Waals surface area contributed by atoms with Gasteiger partial charge < -0.3 is 19.5 Å². The Hall–Kier alpha value is -2.38. The minimum atomic E-state index is -2.14. The molecular weight excluding hydrogens is 320 g/mol. The molecule has 6 nitrogen and oxygen atoms in total. The summed E-state index contributed by atoms with van der Waals surface area (Å²) in [6, 6.07) is 11.0. The molecule has 0 spiro atoms. The van der Waals surface area contributed by atoms with Gasteiger partial charge in [-0.3, -0.25) is 0 Å². The van der Waals surface area contributed by atoms with Crippen molar-refractivity contribution in [3.8, 4) is 11.5 Å². The van der Waals surface area contributed by atoms with E-state index in [1.54, 1.807) is 12.1 Å². The van der Waals surface area contributed by atoms with Gasteiger partial charge in [0.05, 0.1) is 0 Å². The highest BCUT2D eigenvalue weighted by Gasteiger charge is 2.21. The molecule has 0 heterocycles. The number of aryl methyl sites for hydroxylation is 1. The fourth-order valence-electron chi connectivity index (χ4n) is 2.16. The molecule has 2 aromatic carbocycles. The van der Waals surface area contributed by atoms with E-state index >= 15 is 0 Å². The van der Waals surface area contributed by atoms with Crippen LogP contribution in [0.1, 0.15) is 26.7 Å². The number of ether oxygens (including phenoxy) is 1. The lowest BCUT2D eigenvalue weighted by Gasteiger charge is -2.17. The van der Waals surface area contributed by atoms with Crippen molar-refractivity contribution in [1.82, 2.24) is 0 Å². The van der Waals surface area contributed by atoms with Gasteiger partial charge >= 0.3 is 5.97 Å². The Morgan fingerprint density at radius 1 is 1.26 bits per heavy atom. The molecule has 0 fully saturated rings. The van der Waals surface area contributed by atoms with Crippen molar-refractivity contribution >= 4 is 17.0 Å². The van der Waals surface area contributed by atoms with Crippen molar-refractivity contribution in [2.75, 3.05) is 6.61 Å². The molecule has 0 aliphatic rings. The van der Waals surface area contributed by atoms with E-state index in [2.05, 4.69) is 0 Å². The average molecular weight is 336 g/mol. The SMILES string of the molecule is Cc1ccccc1C(COc1ccc(C(=O)O)c(O)c1)S(=O)O. The van der Waals surface area contributed by atoms with Crippen LogP contribution in [0, 0.1) is 6.92 Å². The predicted molar refractivity (Wildman–Crippen MR) is 85.3 cm³/mol. The molecule has 0 amide bonds. The van der Waals surface area contributed by atoms with Crippen LogP contribution in [-0.4, -0.2) is 31.6 Å². The predicted octanol–water partition coefficient (Wildman–Crippen LogP) is 2.74. The van der Waals surface area contributed by atoms with Gasteiger partial charge in [-0.05, 0) is 30.2 Å². The number of aromatic hydroxyl groups is 1. The van der Waals surface area contributed by atoms with E-state index in [4.69, 9.17) is 9.84 Å². The number of aromatic carboxylic acids is 1. The first kappa shape index (κ1) is 17.0. The third-order valence-electron chi connectivity index (χ3n) is 3.38. The van der Waals surface area contributed by atoms with Gasteiger partial charge in [-0.1, -0.05) is 24.3 Å². The summed E-state index contributed by atoms with van der Waals surface area (Å²) in [5, 5.41) is 17.7. The quantitative estimate of drug-likeness (QED) is 0.701. The van der Waals surface area contributed by atoms with Crippen molar-refractivity contribution in [2.45, 2.75) is 12.2 Å². The van der Waals surface area contributed by atoms with Gasteiger partial charge in [-0.25, -0.2) is 9.00 Å². The van der Waals surface area contributed by atoms with Crippen LogP contribution in [0.3, 0.4) is 0 Å². The molecule has 7 heteroatoms. The third kappa shape index (κ3) is 4.08. The number of carboxylic acids is 1. The van der Waals surface area contributed by atoms with Crippen LogP contribution in [0.5, 0.6) is 11.5 Å². The fraction of sp³-hybridized carbons (Fsp3) is 0.188. The molecule has 0 saturated heterocycles. The van der Waals surface area contributed by atoms with Crippen molar-refractivity contribution in [3.05, 3.63) is 59.2 Å². The number of hydrogen-bond donors (Lipinski definition) is 3. The highest BCUT2D eigenvalue weighted by Crippen LogP contribution is 2.27. The summed E-state index contributed by atoms with van der Waals surface area (Å²) >= 11 is -2.14. The lowest BCUT2D eigenvalue weighted by molar-refractivity contribution is 0.0693. The van der Waals surface area contributed by atoms with Crippen molar-refractivity contribution in [1.29, 1.82) is 0 Å². The zero-order valence-corrected chi connectivity index (χ0v) is 13.1. The number of phenols is 1. The van der Waals surface area contributed by atoms with Crippen LogP contribution in [0.25, 0.3) is 0 Å². The molecule has 0 radical (unpaired) electrons. The first-order valence-corrected chi connectivity index (χ1v) is 7.91. The summed E-state index contributed by atoms with van der Waals surface area (Å²) in [6.45, 7) is 1.75. The van der Waals surface area contributed by atoms with E-state index in [1.165, 1.54) is 18.2 Å². The second kappa shape index (κ2) is 7.26. The molecule has 2 rings (SSSR count). The lowest BCUT2D eigenvalue weighted by atomic mass is 10.1. The Bertz CT molecular complexity index is 743. The average Bonchev–Trinajstić information content (AvgIpc) is 2.48. The minimum Gasteiger partial charge on any atom is -0.507 e. The topological polar surface area (TPSA) is 104 Å². The van der Waals surface area contributed by atoms with Crippen LogP contribution in [0.4, 0.5) is 0 Å². The second-order valence-corrected chi connectivity index (χ2v) is 6.04. The normalized spacial score (nSPS) is 13.3. The molecule has 0 saturated carbocycles. The van der Waals surface area contributed by atoms with Gasteiger partial charge in [0.25, 0.3) is 0 Å². The van der Waals surface area contributed by atoms with Gasteiger partial charge in [0.1, 0.15) is 28.9 Å². The fourth-order valence-corrected chi connectivity index (χ4v) is 2.82. The second-order valence-electron chi connectivity index (χ2n) is 4.92. The highest BCUT2D eigenvalue weighted by molar-refractivity contribution is 7.79. The van der Waals surface area contributed by atoms with Gasteiger partial charge in [0.15, 0.2) is 11.1 Å². The largest absolute Gasteiger partial charge is 0.507 e. The monoisotopic (exact) mass is 336 g/mol. The molecular formula is C16H16O6S. The van der Waals surface area contributed by atoms with Crippen LogP contribution in [0.2, 0.25) is 0 Å². The van der Waals surface area contributed by atoms with Gasteiger partial charge in [0.2, 0.25) is 0 Å².